The lowest BCUT2D eigenvalue weighted by atomic mass is 10.1. The second-order valence-corrected chi connectivity index (χ2v) is 4.59. The molecule has 0 unspecified atom stereocenters. The van der Waals surface area contributed by atoms with Crippen molar-refractivity contribution in [2.75, 3.05) is 6.54 Å². The van der Waals surface area contributed by atoms with Gasteiger partial charge in [0, 0.05) is 12.7 Å². The lowest BCUT2D eigenvalue weighted by Gasteiger charge is -2.06. The summed E-state index contributed by atoms with van der Waals surface area (Å²) in [5, 5.41) is 14.8. The zero-order valence-electron chi connectivity index (χ0n) is 11.5. The minimum absolute atomic E-state index is 0.0170. The summed E-state index contributed by atoms with van der Waals surface area (Å²) in [4.78, 5) is 4.01. The zero-order valence-corrected chi connectivity index (χ0v) is 11.5. The first-order chi connectivity index (χ1) is 10.2. The molecule has 0 saturated heterocycles. The van der Waals surface area contributed by atoms with Gasteiger partial charge in [-0.15, -0.1) is 0 Å². The van der Waals surface area contributed by atoms with Crippen LogP contribution in [0, 0.1) is 5.82 Å². The Hall–Kier alpha value is -2.47. The summed E-state index contributed by atoms with van der Waals surface area (Å²) < 4.78 is 13.0. The van der Waals surface area contributed by atoms with Crippen LogP contribution in [0.25, 0.3) is 0 Å². The van der Waals surface area contributed by atoms with Crippen LogP contribution in [0.4, 0.5) is 4.39 Å². The molecule has 2 rings (SSSR count). The van der Waals surface area contributed by atoms with Crippen LogP contribution in [-0.4, -0.2) is 22.6 Å². The smallest absolute Gasteiger partial charge is 0.188 e. The van der Waals surface area contributed by atoms with Crippen LogP contribution in [0.3, 0.4) is 0 Å². The third-order valence-corrected chi connectivity index (χ3v) is 3.00. The Morgan fingerprint density at radius 1 is 1.29 bits per heavy atom. The van der Waals surface area contributed by atoms with E-state index >= 15 is 0 Å². The third-order valence-electron chi connectivity index (χ3n) is 3.00. The molecular weight excluding hydrogens is 271 g/mol. The summed E-state index contributed by atoms with van der Waals surface area (Å²) in [6, 6.07) is 10.2. The van der Waals surface area contributed by atoms with Gasteiger partial charge in [-0.1, -0.05) is 17.3 Å². The number of benzene rings is 1. The lowest BCUT2D eigenvalue weighted by Crippen LogP contribution is -2.19. The molecule has 0 atom stereocenters. The maximum absolute atomic E-state index is 13.0. The van der Waals surface area contributed by atoms with E-state index in [1.165, 1.54) is 12.1 Å². The molecule has 0 radical (unpaired) electrons. The number of nitrogens with one attached hydrogen (secondary N) is 1. The lowest BCUT2D eigenvalue weighted by molar-refractivity contribution is 0.318. The minimum Gasteiger partial charge on any atom is -0.409 e. The first-order valence-corrected chi connectivity index (χ1v) is 6.57. The summed E-state index contributed by atoms with van der Waals surface area (Å²) >= 11 is 0. The molecule has 0 aliphatic carbocycles. The van der Waals surface area contributed by atoms with Gasteiger partial charge in [0.25, 0.3) is 0 Å². The van der Waals surface area contributed by atoms with Gasteiger partial charge in [-0.25, -0.2) is 4.39 Å². The van der Waals surface area contributed by atoms with E-state index in [1.54, 1.807) is 18.3 Å². The van der Waals surface area contributed by atoms with Gasteiger partial charge in [0.1, 0.15) is 11.5 Å². The molecule has 0 spiro atoms. The standard InChI is InChI=1S/C15H17FN4O/c16-13-3-1-2-11(8-13)4-6-18-10-12-5-7-19-14(9-12)15(17)20-21/h1-3,5,7-9,18,21H,4,6,10H2,(H2,17,20). The molecule has 110 valence electrons. The molecule has 6 heteroatoms. The van der Waals surface area contributed by atoms with Crippen molar-refractivity contribution in [3.63, 3.8) is 0 Å². The highest BCUT2D eigenvalue weighted by Gasteiger charge is 2.02. The van der Waals surface area contributed by atoms with Crippen LogP contribution < -0.4 is 11.1 Å². The SMILES string of the molecule is NC(=NO)c1cc(CNCCc2cccc(F)c2)ccn1. The Morgan fingerprint density at radius 2 is 2.14 bits per heavy atom. The van der Waals surface area contributed by atoms with Gasteiger partial charge in [-0.3, -0.25) is 4.98 Å². The number of pyridine rings is 1. The fourth-order valence-electron chi connectivity index (χ4n) is 1.93. The molecule has 1 aromatic carbocycles. The Bertz CT molecular complexity index is 631. The number of aromatic nitrogens is 1. The van der Waals surface area contributed by atoms with E-state index in [0.717, 1.165) is 24.1 Å². The van der Waals surface area contributed by atoms with Crippen molar-refractivity contribution >= 4 is 5.84 Å². The number of nitrogens with two attached hydrogens (primary N) is 1. The molecule has 1 heterocycles. The number of amidine groups is 1. The fraction of sp³-hybridized carbons (Fsp3) is 0.200. The molecule has 0 fully saturated rings. The highest BCUT2D eigenvalue weighted by Crippen LogP contribution is 2.04. The van der Waals surface area contributed by atoms with Crippen molar-refractivity contribution in [3.05, 3.63) is 65.2 Å². The average Bonchev–Trinajstić information content (AvgIpc) is 2.51. The molecule has 5 nitrogen and oxygen atoms in total. The van der Waals surface area contributed by atoms with Crippen LogP contribution in [0.1, 0.15) is 16.8 Å². The molecule has 0 bridgehead atoms. The normalized spacial score (nSPS) is 11.6. The van der Waals surface area contributed by atoms with Gasteiger partial charge in [0.05, 0.1) is 0 Å². The van der Waals surface area contributed by atoms with E-state index < -0.39 is 0 Å². The zero-order chi connectivity index (χ0) is 15.1. The molecule has 0 saturated carbocycles. The van der Waals surface area contributed by atoms with E-state index in [4.69, 9.17) is 10.9 Å². The molecule has 0 aliphatic rings. The summed E-state index contributed by atoms with van der Waals surface area (Å²) in [5.41, 5.74) is 7.85. The van der Waals surface area contributed by atoms with Crippen molar-refractivity contribution < 1.29 is 9.60 Å². The van der Waals surface area contributed by atoms with Crippen LogP contribution >= 0.6 is 0 Å². The van der Waals surface area contributed by atoms with E-state index in [2.05, 4.69) is 15.5 Å². The molecule has 1 aromatic heterocycles. The largest absolute Gasteiger partial charge is 0.409 e. The number of oxime groups is 1. The molecule has 0 aliphatic heterocycles. The minimum atomic E-state index is -0.218. The number of hydrogen-bond donors (Lipinski definition) is 3. The van der Waals surface area contributed by atoms with E-state index in [9.17, 15) is 4.39 Å². The van der Waals surface area contributed by atoms with Gasteiger partial charge >= 0.3 is 0 Å². The van der Waals surface area contributed by atoms with Gasteiger partial charge in [0.15, 0.2) is 5.84 Å². The van der Waals surface area contributed by atoms with Crippen LogP contribution in [0.15, 0.2) is 47.8 Å². The van der Waals surface area contributed by atoms with Crippen molar-refractivity contribution in [1.82, 2.24) is 10.3 Å². The second-order valence-electron chi connectivity index (χ2n) is 4.59. The van der Waals surface area contributed by atoms with Crippen LogP contribution in [0.2, 0.25) is 0 Å². The van der Waals surface area contributed by atoms with Gasteiger partial charge in [-0.05, 0) is 48.4 Å². The summed E-state index contributed by atoms with van der Waals surface area (Å²) in [6.45, 7) is 1.36. The fourth-order valence-corrected chi connectivity index (χ4v) is 1.93. The summed E-state index contributed by atoms with van der Waals surface area (Å²) in [7, 11) is 0. The van der Waals surface area contributed by atoms with Crippen LogP contribution in [-0.2, 0) is 13.0 Å². The Labute approximate surface area is 122 Å². The maximum atomic E-state index is 13.0. The highest BCUT2D eigenvalue weighted by atomic mass is 19.1. The van der Waals surface area contributed by atoms with Gasteiger partial charge in [0.2, 0.25) is 0 Å². The van der Waals surface area contributed by atoms with Crippen molar-refractivity contribution in [2.45, 2.75) is 13.0 Å². The van der Waals surface area contributed by atoms with E-state index in [0.29, 0.717) is 12.2 Å². The van der Waals surface area contributed by atoms with E-state index in [-0.39, 0.29) is 11.7 Å². The molecule has 21 heavy (non-hydrogen) atoms. The number of nitrogens with zero attached hydrogens (tertiary/aromatic N) is 2. The van der Waals surface area contributed by atoms with Crippen molar-refractivity contribution in [3.8, 4) is 0 Å². The van der Waals surface area contributed by atoms with E-state index in [1.807, 2.05) is 12.1 Å². The van der Waals surface area contributed by atoms with Gasteiger partial charge in [-0.2, -0.15) is 0 Å². The number of hydrogen-bond acceptors (Lipinski definition) is 4. The Balaban J connectivity index is 1.84. The quantitative estimate of drug-likeness (QED) is 0.248. The predicted molar refractivity (Wildman–Crippen MR) is 78.6 cm³/mol. The predicted octanol–water partition coefficient (Wildman–Crippen LogP) is 1.65. The average molecular weight is 288 g/mol. The maximum Gasteiger partial charge on any atom is 0.188 e. The summed E-state index contributed by atoms with van der Waals surface area (Å²) in [6.07, 6.45) is 2.35. The number of rotatable bonds is 6. The summed E-state index contributed by atoms with van der Waals surface area (Å²) in [5.74, 6) is -0.235. The topological polar surface area (TPSA) is 83.5 Å². The molecule has 0 amide bonds. The van der Waals surface area contributed by atoms with Crippen molar-refractivity contribution in [1.29, 1.82) is 0 Å². The first-order valence-electron chi connectivity index (χ1n) is 6.57. The third kappa shape index (κ3) is 4.54. The second kappa shape index (κ2) is 7.35. The monoisotopic (exact) mass is 288 g/mol. The molecule has 2 aromatic rings. The Morgan fingerprint density at radius 3 is 2.90 bits per heavy atom. The van der Waals surface area contributed by atoms with Gasteiger partial charge < -0.3 is 16.3 Å². The van der Waals surface area contributed by atoms with Crippen LogP contribution in [0.5, 0.6) is 0 Å². The highest BCUT2D eigenvalue weighted by molar-refractivity contribution is 5.95. The van der Waals surface area contributed by atoms with Crippen molar-refractivity contribution in [2.24, 2.45) is 10.9 Å². The molecule has 4 N–H and O–H groups in total. The number of halogens is 1. The molecular formula is C15H17FN4O. The Kier molecular flexibility index (Phi) is 5.22. The first kappa shape index (κ1) is 14.9.